The number of halogens is 1. The van der Waals surface area contributed by atoms with Crippen LogP contribution in [-0.4, -0.2) is 30.5 Å². The number of imidazole rings is 1. The molecular weight excluding hydrogens is 367 g/mol. The Morgan fingerprint density at radius 1 is 1.15 bits per heavy atom. The number of rotatable bonds is 3. The molecule has 0 aliphatic rings. The molecule has 134 valence electrons. The van der Waals surface area contributed by atoms with Crippen molar-refractivity contribution in [2.24, 2.45) is 5.73 Å². The molecule has 3 aromatic heterocycles. The van der Waals surface area contributed by atoms with Gasteiger partial charge in [-0.05, 0) is 25.1 Å². The molecule has 0 fully saturated rings. The van der Waals surface area contributed by atoms with Crippen molar-refractivity contribution < 1.29 is 9.18 Å². The van der Waals surface area contributed by atoms with Gasteiger partial charge < -0.3 is 5.73 Å². The molecule has 4 aromatic rings. The van der Waals surface area contributed by atoms with Crippen molar-refractivity contribution in [2.45, 2.75) is 6.92 Å². The molecule has 9 heteroatoms. The van der Waals surface area contributed by atoms with Gasteiger partial charge in [-0.1, -0.05) is 12.1 Å². The van der Waals surface area contributed by atoms with Crippen molar-refractivity contribution >= 4 is 17.4 Å². The standard InChI is InChI=1S/C18H13FN6OS/c1-10-14(27-17(23-10)16-22-8-9-25(16)18(20)26)13-6-7-21-15(24-13)11-4-2-3-5-12(11)19/h2-9H,1H3,(H2,20,26). The van der Waals surface area contributed by atoms with Gasteiger partial charge in [-0.25, -0.2) is 33.7 Å². The van der Waals surface area contributed by atoms with Gasteiger partial charge in [-0.15, -0.1) is 11.3 Å². The summed E-state index contributed by atoms with van der Waals surface area (Å²) in [6.45, 7) is 1.83. The average molecular weight is 380 g/mol. The monoisotopic (exact) mass is 380 g/mol. The Morgan fingerprint density at radius 2 is 1.96 bits per heavy atom. The van der Waals surface area contributed by atoms with Crippen LogP contribution in [0.5, 0.6) is 0 Å². The molecule has 0 bridgehead atoms. The number of amides is 1. The fourth-order valence-electron chi connectivity index (χ4n) is 2.63. The first-order valence-electron chi connectivity index (χ1n) is 7.94. The molecule has 0 saturated heterocycles. The predicted molar refractivity (Wildman–Crippen MR) is 99.5 cm³/mol. The van der Waals surface area contributed by atoms with E-state index in [9.17, 15) is 9.18 Å². The molecule has 0 aliphatic carbocycles. The fourth-order valence-corrected chi connectivity index (χ4v) is 3.66. The Bertz CT molecular complexity index is 1150. The van der Waals surface area contributed by atoms with Gasteiger partial charge in [0.2, 0.25) is 0 Å². The second kappa shape index (κ2) is 6.69. The quantitative estimate of drug-likeness (QED) is 0.586. The van der Waals surface area contributed by atoms with Crippen LogP contribution in [0.2, 0.25) is 0 Å². The van der Waals surface area contributed by atoms with Crippen LogP contribution in [0.1, 0.15) is 5.69 Å². The van der Waals surface area contributed by atoms with Gasteiger partial charge in [0.1, 0.15) is 5.82 Å². The lowest BCUT2D eigenvalue weighted by atomic mass is 10.2. The zero-order valence-electron chi connectivity index (χ0n) is 14.1. The molecule has 0 aliphatic heterocycles. The first-order chi connectivity index (χ1) is 13.0. The Balaban J connectivity index is 1.78. The van der Waals surface area contributed by atoms with Gasteiger partial charge >= 0.3 is 6.03 Å². The third kappa shape index (κ3) is 3.08. The van der Waals surface area contributed by atoms with Gasteiger partial charge in [0, 0.05) is 18.6 Å². The molecule has 0 atom stereocenters. The number of hydrogen-bond acceptors (Lipinski definition) is 6. The van der Waals surface area contributed by atoms with Crippen LogP contribution in [0.15, 0.2) is 48.9 Å². The molecule has 1 amide bonds. The predicted octanol–water partition coefficient (Wildman–Crippen LogP) is 3.50. The van der Waals surface area contributed by atoms with Gasteiger partial charge in [-0.3, -0.25) is 0 Å². The van der Waals surface area contributed by atoms with E-state index in [1.165, 1.54) is 34.4 Å². The van der Waals surface area contributed by atoms with Crippen molar-refractivity contribution in [3.05, 3.63) is 60.4 Å². The number of nitrogens with zero attached hydrogens (tertiary/aromatic N) is 5. The number of primary amides is 1. The van der Waals surface area contributed by atoms with Crippen molar-refractivity contribution in [1.82, 2.24) is 24.5 Å². The van der Waals surface area contributed by atoms with Crippen LogP contribution in [0.3, 0.4) is 0 Å². The lowest BCUT2D eigenvalue weighted by molar-refractivity contribution is 0.250. The summed E-state index contributed by atoms with van der Waals surface area (Å²) in [6, 6.07) is 7.43. The molecule has 0 radical (unpaired) electrons. The molecule has 0 unspecified atom stereocenters. The van der Waals surface area contributed by atoms with Crippen molar-refractivity contribution in [2.75, 3.05) is 0 Å². The highest BCUT2D eigenvalue weighted by atomic mass is 32.1. The van der Waals surface area contributed by atoms with Crippen LogP contribution in [0.25, 0.3) is 32.8 Å². The van der Waals surface area contributed by atoms with Gasteiger partial charge in [0.25, 0.3) is 0 Å². The molecule has 7 nitrogen and oxygen atoms in total. The minimum absolute atomic E-state index is 0.290. The molecule has 4 rings (SSSR count). The van der Waals surface area contributed by atoms with Crippen molar-refractivity contribution in [1.29, 1.82) is 0 Å². The summed E-state index contributed by atoms with van der Waals surface area (Å²) in [6.07, 6.45) is 4.54. The van der Waals surface area contributed by atoms with Gasteiger partial charge in [0.15, 0.2) is 16.7 Å². The number of hydrogen-bond donors (Lipinski definition) is 1. The number of aryl methyl sites for hydroxylation is 1. The van der Waals surface area contributed by atoms with Crippen LogP contribution in [0.4, 0.5) is 9.18 Å². The Kier molecular flexibility index (Phi) is 4.21. The summed E-state index contributed by atoms with van der Waals surface area (Å²) >= 11 is 1.32. The van der Waals surface area contributed by atoms with Gasteiger partial charge in [-0.2, -0.15) is 0 Å². The van der Waals surface area contributed by atoms with E-state index in [2.05, 4.69) is 19.9 Å². The van der Waals surface area contributed by atoms with Crippen LogP contribution < -0.4 is 5.73 Å². The third-order valence-corrected chi connectivity index (χ3v) is 5.04. The highest BCUT2D eigenvalue weighted by Gasteiger charge is 2.18. The number of aromatic nitrogens is 5. The summed E-state index contributed by atoms with van der Waals surface area (Å²) in [5.41, 5.74) is 7.01. The Labute approximate surface area is 157 Å². The molecule has 0 spiro atoms. The highest BCUT2D eigenvalue weighted by Crippen LogP contribution is 2.34. The first kappa shape index (κ1) is 17.0. The number of thiazole rings is 1. The largest absolute Gasteiger partial charge is 0.351 e. The number of carbonyl (C=O) groups is 1. The van der Waals surface area contributed by atoms with E-state index in [4.69, 9.17) is 5.73 Å². The zero-order chi connectivity index (χ0) is 19.0. The van der Waals surface area contributed by atoms with Crippen LogP contribution in [0, 0.1) is 12.7 Å². The minimum atomic E-state index is -0.638. The van der Waals surface area contributed by atoms with E-state index < -0.39 is 6.03 Å². The molecule has 3 heterocycles. The molecule has 2 N–H and O–H groups in total. The molecular formula is C18H13FN6OS. The lowest BCUT2D eigenvalue weighted by Crippen LogP contribution is -2.19. The lowest BCUT2D eigenvalue weighted by Gasteiger charge is -2.04. The van der Waals surface area contributed by atoms with E-state index in [0.717, 1.165) is 4.88 Å². The summed E-state index contributed by atoms with van der Waals surface area (Å²) in [5, 5.41) is 0.539. The zero-order valence-corrected chi connectivity index (χ0v) is 14.9. The molecule has 0 saturated carbocycles. The maximum absolute atomic E-state index is 14.1. The first-order valence-corrected chi connectivity index (χ1v) is 8.75. The van der Waals surface area contributed by atoms with Gasteiger partial charge in [0.05, 0.1) is 21.8 Å². The maximum atomic E-state index is 14.1. The molecule has 1 aromatic carbocycles. The van der Waals surface area contributed by atoms with Crippen molar-refractivity contribution in [3.63, 3.8) is 0 Å². The van der Waals surface area contributed by atoms with Crippen molar-refractivity contribution in [3.8, 4) is 32.8 Å². The Hall–Kier alpha value is -3.46. The molecule has 27 heavy (non-hydrogen) atoms. The SMILES string of the molecule is Cc1nc(-c2nccn2C(N)=O)sc1-c1ccnc(-c2ccccc2F)n1. The topological polar surface area (TPSA) is 99.6 Å². The minimum Gasteiger partial charge on any atom is -0.351 e. The van der Waals surface area contributed by atoms with E-state index >= 15 is 0 Å². The maximum Gasteiger partial charge on any atom is 0.324 e. The highest BCUT2D eigenvalue weighted by molar-refractivity contribution is 7.18. The number of benzene rings is 1. The Morgan fingerprint density at radius 3 is 2.74 bits per heavy atom. The van der Waals surface area contributed by atoms with E-state index in [1.807, 2.05) is 6.92 Å². The smallest absolute Gasteiger partial charge is 0.324 e. The van der Waals surface area contributed by atoms with E-state index in [-0.39, 0.29) is 5.82 Å². The summed E-state index contributed by atoms with van der Waals surface area (Å²) in [4.78, 5) is 29.6. The summed E-state index contributed by atoms with van der Waals surface area (Å²) in [5.74, 6) is 0.267. The van der Waals surface area contributed by atoms with E-state index in [0.29, 0.717) is 33.6 Å². The number of nitrogens with two attached hydrogens (primary N) is 1. The van der Waals surface area contributed by atoms with E-state index in [1.54, 1.807) is 30.5 Å². The van der Waals surface area contributed by atoms with Crippen LogP contribution >= 0.6 is 11.3 Å². The fraction of sp³-hybridized carbons (Fsp3) is 0.0556. The average Bonchev–Trinajstić information content (AvgIpc) is 3.29. The normalized spacial score (nSPS) is 10.9. The van der Waals surface area contributed by atoms with Crippen LogP contribution in [-0.2, 0) is 0 Å². The second-order valence-electron chi connectivity index (χ2n) is 5.64. The third-order valence-electron chi connectivity index (χ3n) is 3.87. The summed E-state index contributed by atoms with van der Waals surface area (Å²) in [7, 11) is 0. The summed E-state index contributed by atoms with van der Waals surface area (Å²) < 4.78 is 15.3. The second-order valence-corrected chi connectivity index (χ2v) is 6.64. The number of carbonyl (C=O) groups excluding carboxylic acids is 1.